The van der Waals surface area contributed by atoms with Gasteiger partial charge in [-0.25, -0.2) is 4.98 Å². The molecule has 0 bridgehead atoms. The van der Waals surface area contributed by atoms with Crippen LogP contribution >= 0.6 is 52.6 Å². The SMILES string of the molecule is C=CCCCCSSSSc1nc2ccccc2s1.[SiH4]. The van der Waals surface area contributed by atoms with Crippen molar-refractivity contribution in [2.45, 2.75) is 23.6 Å². The first-order valence-electron chi connectivity index (χ1n) is 5.99. The Morgan fingerprint density at radius 2 is 2.05 bits per heavy atom. The predicted molar refractivity (Wildman–Crippen MR) is 108 cm³/mol. The van der Waals surface area contributed by atoms with Gasteiger partial charge in [-0.2, -0.15) is 0 Å². The van der Waals surface area contributed by atoms with Crippen LogP contribution < -0.4 is 0 Å². The molecule has 0 aliphatic carbocycles. The Bertz CT molecular complexity index is 483. The minimum absolute atomic E-state index is 0. The Hall–Kier alpha value is 0.467. The van der Waals surface area contributed by atoms with E-state index in [4.69, 9.17) is 0 Å². The van der Waals surface area contributed by atoms with E-state index < -0.39 is 0 Å². The lowest BCUT2D eigenvalue weighted by Crippen LogP contribution is -1.75. The van der Waals surface area contributed by atoms with Crippen LogP contribution in [0.2, 0.25) is 0 Å². The summed E-state index contributed by atoms with van der Waals surface area (Å²) >= 11 is 1.77. The van der Waals surface area contributed by atoms with E-state index in [1.54, 1.807) is 22.1 Å². The van der Waals surface area contributed by atoms with Gasteiger partial charge in [-0.15, -0.1) is 17.9 Å². The number of aromatic nitrogens is 1. The maximum atomic E-state index is 4.60. The highest BCUT2D eigenvalue weighted by Gasteiger charge is 2.04. The highest BCUT2D eigenvalue weighted by atomic mass is 33.7. The predicted octanol–water partition coefficient (Wildman–Crippen LogP) is 5.24. The van der Waals surface area contributed by atoms with Gasteiger partial charge in [0.2, 0.25) is 0 Å². The third kappa shape index (κ3) is 6.49. The number of nitrogens with zero attached hydrogens (tertiary/aromatic N) is 1. The fraction of sp³-hybridized carbons (Fsp3) is 0.308. The molecule has 20 heavy (non-hydrogen) atoms. The van der Waals surface area contributed by atoms with E-state index in [1.807, 2.05) is 42.6 Å². The number of hydrogen-bond acceptors (Lipinski definition) is 6. The number of benzene rings is 1. The van der Waals surface area contributed by atoms with Crippen LogP contribution in [-0.2, 0) is 0 Å². The number of hydrogen-bond donors (Lipinski definition) is 0. The molecule has 7 heteroatoms. The molecular formula is C13H19NS5Si. The molecule has 0 atom stereocenters. The minimum atomic E-state index is 0. The lowest BCUT2D eigenvalue weighted by Gasteiger charge is -1.97. The van der Waals surface area contributed by atoms with Gasteiger partial charge < -0.3 is 0 Å². The zero-order chi connectivity index (χ0) is 13.3. The van der Waals surface area contributed by atoms with E-state index in [0.717, 1.165) is 16.3 Å². The molecule has 0 spiro atoms. The third-order valence-corrected chi connectivity index (χ3v) is 10.0. The highest BCUT2D eigenvalue weighted by Crippen LogP contribution is 2.48. The highest BCUT2D eigenvalue weighted by molar-refractivity contribution is 9.26. The summed E-state index contributed by atoms with van der Waals surface area (Å²) in [6.07, 6.45) is 5.66. The van der Waals surface area contributed by atoms with E-state index in [0.29, 0.717) is 0 Å². The van der Waals surface area contributed by atoms with E-state index in [-0.39, 0.29) is 11.0 Å². The van der Waals surface area contributed by atoms with Crippen molar-refractivity contribution in [3.8, 4) is 0 Å². The molecule has 0 aliphatic rings. The molecule has 110 valence electrons. The van der Waals surface area contributed by atoms with Gasteiger partial charge in [0.05, 0.1) is 10.2 Å². The van der Waals surface area contributed by atoms with Crippen molar-refractivity contribution in [1.29, 1.82) is 0 Å². The monoisotopic (exact) mass is 377 g/mol. The first-order valence-corrected chi connectivity index (χ1v) is 11.8. The van der Waals surface area contributed by atoms with Gasteiger partial charge in [0.1, 0.15) is 0 Å². The topological polar surface area (TPSA) is 12.9 Å². The molecule has 0 aliphatic heterocycles. The summed E-state index contributed by atoms with van der Waals surface area (Å²) in [6.45, 7) is 3.73. The van der Waals surface area contributed by atoms with Crippen LogP contribution in [0.1, 0.15) is 19.3 Å². The lowest BCUT2D eigenvalue weighted by atomic mass is 10.2. The van der Waals surface area contributed by atoms with Crippen LogP contribution in [0.3, 0.4) is 0 Å². The summed E-state index contributed by atoms with van der Waals surface area (Å²) in [6, 6.07) is 8.30. The zero-order valence-corrected chi connectivity index (χ0v) is 14.5. The summed E-state index contributed by atoms with van der Waals surface area (Å²) in [5, 5.41) is 0. The number of thiazole rings is 1. The number of para-hydroxylation sites is 1. The maximum absolute atomic E-state index is 4.60. The molecule has 0 radical (unpaired) electrons. The van der Waals surface area contributed by atoms with Crippen LogP contribution in [0.15, 0.2) is 41.3 Å². The average molecular weight is 378 g/mol. The summed E-state index contributed by atoms with van der Waals surface area (Å²) in [5.74, 6) is 1.21. The molecule has 0 saturated carbocycles. The molecule has 2 rings (SSSR count). The molecule has 0 N–H and O–H groups in total. The Morgan fingerprint density at radius 1 is 1.20 bits per heavy atom. The smallest absolute Gasteiger partial charge is 0.162 e. The number of allylic oxidation sites excluding steroid dienone is 1. The normalized spacial score (nSPS) is 10.4. The van der Waals surface area contributed by atoms with E-state index in [9.17, 15) is 0 Å². The van der Waals surface area contributed by atoms with Crippen molar-refractivity contribution in [2.75, 3.05) is 5.75 Å². The fourth-order valence-electron chi connectivity index (χ4n) is 1.43. The molecule has 0 saturated heterocycles. The van der Waals surface area contributed by atoms with Crippen LogP contribution in [0.4, 0.5) is 0 Å². The number of unbranched alkanes of at least 4 members (excludes halogenated alkanes) is 2. The Labute approximate surface area is 144 Å². The molecule has 0 amide bonds. The van der Waals surface area contributed by atoms with Crippen LogP contribution in [-0.4, -0.2) is 21.7 Å². The van der Waals surface area contributed by atoms with Gasteiger partial charge in [-0.05, 0) is 72.8 Å². The van der Waals surface area contributed by atoms with Gasteiger partial charge >= 0.3 is 0 Å². The largest absolute Gasteiger partial charge is 0.229 e. The van der Waals surface area contributed by atoms with Gasteiger partial charge in [0.25, 0.3) is 0 Å². The van der Waals surface area contributed by atoms with Crippen molar-refractivity contribution in [3.05, 3.63) is 36.9 Å². The third-order valence-electron chi connectivity index (χ3n) is 2.34. The van der Waals surface area contributed by atoms with Crippen molar-refractivity contribution < 1.29 is 0 Å². The molecule has 1 nitrogen and oxygen atoms in total. The van der Waals surface area contributed by atoms with Crippen LogP contribution in [0.5, 0.6) is 0 Å². The van der Waals surface area contributed by atoms with Crippen LogP contribution in [0, 0.1) is 0 Å². The second kappa shape index (κ2) is 11.1. The van der Waals surface area contributed by atoms with E-state index in [2.05, 4.69) is 29.8 Å². The molecular weight excluding hydrogens is 359 g/mol. The first-order chi connectivity index (χ1) is 9.40. The Kier molecular flexibility index (Phi) is 10.3. The molecule has 1 heterocycles. The Balaban J connectivity index is 0.00000200. The molecule has 0 fully saturated rings. The van der Waals surface area contributed by atoms with Gasteiger partial charge in [0.15, 0.2) is 4.34 Å². The second-order valence-corrected chi connectivity index (χ2v) is 11.0. The summed E-state index contributed by atoms with van der Waals surface area (Å²) in [7, 11) is 7.36. The average Bonchev–Trinajstić information content (AvgIpc) is 2.84. The van der Waals surface area contributed by atoms with Crippen LogP contribution in [0.25, 0.3) is 10.2 Å². The molecule has 1 aromatic carbocycles. The fourth-order valence-corrected chi connectivity index (χ4v) is 8.84. The standard InChI is InChI=1S/C13H15NS5.H4Si/c1-2-3-4-7-10-15-18-19-17-13-14-11-8-5-6-9-12(11)16-13;/h2,5-6,8-9H,1,3-4,7,10H2;1H4. The zero-order valence-electron chi connectivity index (χ0n) is 10.4. The summed E-state index contributed by atoms with van der Waals surface area (Å²) in [5.41, 5.74) is 1.11. The van der Waals surface area contributed by atoms with E-state index >= 15 is 0 Å². The molecule has 2 aromatic rings. The quantitative estimate of drug-likeness (QED) is 0.256. The first kappa shape index (κ1) is 18.5. The molecule has 1 aromatic heterocycles. The van der Waals surface area contributed by atoms with E-state index in [1.165, 1.54) is 23.3 Å². The van der Waals surface area contributed by atoms with Crippen molar-refractivity contribution >= 4 is 73.8 Å². The second-order valence-electron chi connectivity index (χ2n) is 3.77. The van der Waals surface area contributed by atoms with Crippen molar-refractivity contribution in [1.82, 2.24) is 4.98 Å². The van der Waals surface area contributed by atoms with Crippen molar-refractivity contribution in [2.24, 2.45) is 0 Å². The minimum Gasteiger partial charge on any atom is -0.229 e. The van der Waals surface area contributed by atoms with Gasteiger partial charge in [-0.3, -0.25) is 0 Å². The number of fused-ring (bicyclic) bond motifs is 1. The lowest BCUT2D eigenvalue weighted by molar-refractivity contribution is 0.825. The summed E-state index contributed by atoms with van der Waals surface area (Å²) in [4.78, 5) is 4.60. The molecule has 0 unspecified atom stereocenters. The van der Waals surface area contributed by atoms with Gasteiger partial charge in [0, 0.05) is 5.75 Å². The van der Waals surface area contributed by atoms with Crippen molar-refractivity contribution in [3.63, 3.8) is 0 Å². The summed E-state index contributed by atoms with van der Waals surface area (Å²) < 4.78 is 2.42. The maximum Gasteiger partial charge on any atom is 0.162 e. The van der Waals surface area contributed by atoms with Gasteiger partial charge in [-0.1, -0.05) is 29.0 Å². The number of rotatable bonds is 9. The Morgan fingerprint density at radius 3 is 2.85 bits per heavy atom.